The molecule has 0 unspecified atom stereocenters. The number of ether oxygens (including phenoxy) is 2. The number of amides is 2. The number of aliphatic carboxylic acids is 1. The largest absolute Gasteiger partial charge is 0.480 e. The summed E-state index contributed by atoms with van der Waals surface area (Å²) in [6.45, 7) is 8.98. The molecule has 1 aromatic heterocycles. The number of pyridine rings is 1. The minimum absolute atomic E-state index is 0.0567. The van der Waals surface area contributed by atoms with Gasteiger partial charge in [0.2, 0.25) is 18.3 Å². The average molecular weight is 659 g/mol. The van der Waals surface area contributed by atoms with Gasteiger partial charge in [0.25, 0.3) is 0 Å². The van der Waals surface area contributed by atoms with Crippen LogP contribution < -0.4 is 15.4 Å². The molecule has 48 heavy (non-hydrogen) atoms. The van der Waals surface area contributed by atoms with E-state index in [-0.39, 0.29) is 31.1 Å². The zero-order chi connectivity index (χ0) is 35.4. The Morgan fingerprint density at radius 2 is 1.46 bits per heavy atom. The summed E-state index contributed by atoms with van der Waals surface area (Å²) in [5.74, 6) is -3.73. The first kappa shape index (κ1) is 37.1. The monoisotopic (exact) mass is 658 g/mol. The Hall–Kier alpha value is -5.32. The molecule has 2 amide bonds. The Labute approximate surface area is 280 Å². The number of esters is 2. The fourth-order valence-corrected chi connectivity index (χ4v) is 4.76. The summed E-state index contributed by atoms with van der Waals surface area (Å²) in [5.41, 5.74) is 5.51. The van der Waals surface area contributed by atoms with E-state index in [2.05, 4.69) is 15.5 Å². The first-order chi connectivity index (χ1) is 22.6. The molecule has 0 saturated heterocycles. The van der Waals surface area contributed by atoms with E-state index in [1.54, 1.807) is 51.4 Å². The quantitative estimate of drug-likeness (QED) is 0.158. The number of hydrogen-bond acceptors (Lipinski definition) is 7. The molecular formula is C37H44N3O8+. The molecule has 3 N–H and O–H groups in total. The summed E-state index contributed by atoms with van der Waals surface area (Å²) in [4.78, 5) is 61.7. The highest BCUT2D eigenvalue weighted by molar-refractivity contribution is 5.99. The van der Waals surface area contributed by atoms with Crippen molar-refractivity contribution >= 4 is 35.8 Å². The predicted molar refractivity (Wildman–Crippen MR) is 180 cm³/mol. The SMILES string of the molecule is COC(=O)c1ccc(C(=O)N[n+]2ccc(-c3ccc(/C=C/C[C@H](CC(=O)OC(C)(C)C)C(=O)N[C@@H](CC(C)C)C(=O)O)cc3)cc2)cc1. The topological polar surface area (TPSA) is 152 Å². The lowest BCUT2D eigenvalue weighted by Gasteiger charge is -2.23. The van der Waals surface area contributed by atoms with Crippen LogP contribution in [0, 0.1) is 11.8 Å². The van der Waals surface area contributed by atoms with E-state index in [1.165, 1.54) is 23.9 Å². The predicted octanol–water partition coefficient (Wildman–Crippen LogP) is 5.18. The third kappa shape index (κ3) is 11.8. The molecule has 0 spiro atoms. The Bertz CT molecular complexity index is 1610. The van der Waals surface area contributed by atoms with Gasteiger partial charge in [-0.15, -0.1) is 5.43 Å². The summed E-state index contributed by atoms with van der Waals surface area (Å²) < 4.78 is 11.6. The molecule has 0 bridgehead atoms. The van der Waals surface area contributed by atoms with Crippen LogP contribution in [0.2, 0.25) is 0 Å². The fraction of sp³-hybridized carbons (Fsp3) is 0.351. The molecule has 11 nitrogen and oxygen atoms in total. The van der Waals surface area contributed by atoms with Crippen molar-refractivity contribution in [3.05, 3.63) is 95.8 Å². The molecule has 0 aliphatic heterocycles. The van der Waals surface area contributed by atoms with Gasteiger partial charge in [-0.1, -0.05) is 54.9 Å². The Morgan fingerprint density at radius 3 is 2.00 bits per heavy atom. The van der Waals surface area contributed by atoms with E-state index in [1.807, 2.05) is 56.3 Å². The third-order valence-electron chi connectivity index (χ3n) is 7.13. The maximum Gasteiger partial charge on any atom is 0.337 e. The molecule has 254 valence electrons. The number of carbonyl (C=O) groups excluding carboxylic acids is 4. The highest BCUT2D eigenvalue weighted by Gasteiger charge is 2.28. The number of benzene rings is 2. The lowest BCUT2D eigenvalue weighted by Crippen LogP contribution is -2.47. The third-order valence-corrected chi connectivity index (χ3v) is 7.13. The summed E-state index contributed by atoms with van der Waals surface area (Å²) in [7, 11) is 1.29. The lowest BCUT2D eigenvalue weighted by atomic mass is 9.97. The first-order valence-corrected chi connectivity index (χ1v) is 15.7. The van der Waals surface area contributed by atoms with Crippen LogP contribution in [-0.2, 0) is 23.9 Å². The summed E-state index contributed by atoms with van der Waals surface area (Å²) in [6, 6.07) is 16.5. The molecule has 3 aromatic rings. The fourth-order valence-electron chi connectivity index (χ4n) is 4.76. The number of rotatable bonds is 14. The number of carboxylic acids is 1. The summed E-state index contributed by atoms with van der Waals surface area (Å²) in [6.07, 6.45) is 7.36. The first-order valence-electron chi connectivity index (χ1n) is 15.7. The Balaban J connectivity index is 1.64. The Morgan fingerprint density at radius 1 is 0.875 bits per heavy atom. The van der Waals surface area contributed by atoms with E-state index < -0.39 is 41.4 Å². The van der Waals surface area contributed by atoms with Crippen molar-refractivity contribution in [1.29, 1.82) is 0 Å². The van der Waals surface area contributed by atoms with E-state index in [0.29, 0.717) is 11.1 Å². The van der Waals surface area contributed by atoms with Crippen molar-refractivity contribution in [1.82, 2.24) is 5.32 Å². The van der Waals surface area contributed by atoms with Gasteiger partial charge in [-0.3, -0.25) is 14.4 Å². The molecule has 0 fully saturated rings. The molecular weight excluding hydrogens is 614 g/mol. The number of carbonyl (C=O) groups is 5. The molecule has 2 aromatic carbocycles. The second kappa shape index (κ2) is 17.0. The number of nitrogens with one attached hydrogen (secondary N) is 2. The van der Waals surface area contributed by atoms with Crippen molar-refractivity contribution < 1.29 is 43.2 Å². The molecule has 0 aliphatic carbocycles. The number of carboxylic acid groups (broad SMARTS) is 1. The van der Waals surface area contributed by atoms with Crippen molar-refractivity contribution in [2.75, 3.05) is 12.5 Å². The summed E-state index contributed by atoms with van der Waals surface area (Å²) in [5, 5.41) is 12.2. The van der Waals surface area contributed by atoms with Crippen LogP contribution in [0.25, 0.3) is 17.2 Å². The number of hydrogen-bond donors (Lipinski definition) is 3. The van der Waals surface area contributed by atoms with Gasteiger partial charge in [0.15, 0.2) is 0 Å². The number of methoxy groups -OCH3 is 1. The second-order valence-corrected chi connectivity index (χ2v) is 12.8. The van der Waals surface area contributed by atoms with Crippen LogP contribution in [0.4, 0.5) is 0 Å². The molecule has 0 aliphatic rings. The molecule has 0 radical (unpaired) electrons. The normalized spacial score (nSPS) is 12.6. The van der Waals surface area contributed by atoms with Crippen molar-refractivity contribution in [3.8, 4) is 11.1 Å². The summed E-state index contributed by atoms with van der Waals surface area (Å²) >= 11 is 0. The Kier molecular flexibility index (Phi) is 13.2. The van der Waals surface area contributed by atoms with Crippen LogP contribution in [0.15, 0.2) is 79.1 Å². The van der Waals surface area contributed by atoms with E-state index in [0.717, 1.165) is 16.7 Å². The molecule has 0 saturated carbocycles. The van der Waals surface area contributed by atoms with Crippen molar-refractivity contribution in [2.24, 2.45) is 11.8 Å². The van der Waals surface area contributed by atoms with Crippen molar-refractivity contribution in [3.63, 3.8) is 0 Å². The van der Waals surface area contributed by atoms with Gasteiger partial charge >= 0.3 is 23.8 Å². The van der Waals surface area contributed by atoms with Gasteiger partial charge in [0, 0.05) is 17.7 Å². The van der Waals surface area contributed by atoms with Crippen LogP contribution in [0.3, 0.4) is 0 Å². The molecule has 1 heterocycles. The average Bonchev–Trinajstić information content (AvgIpc) is 3.03. The lowest BCUT2D eigenvalue weighted by molar-refractivity contribution is -0.641. The molecule has 11 heteroatoms. The smallest absolute Gasteiger partial charge is 0.337 e. The van der Waals surface area contributed by atoms with Gasteiger partial charge in [-0.25, -0.2) is 9.59 Å². The maximum atomic E-state index is 13.1. The number of aromatic nitrogens is 1. The van der Waals surface area contributed by atoms with Crippen LogP contribution >= 0.6 is 0 Å². The van der Waals surface area contributed by atoms with E-state index >= 15 is 0 Å². The maximum absolute atomic E-state index is 13.1. The molecule has 3 rings (SSSR count). The minimum atomic E-state index is -1.12. The highest BCUT2D eigenvalue weighted by Crippen LogP contribution is 2.21. The second-order valence-electron chi connectivity index (χ2n) is 12.8. The highest BCUT2D eigenvalue weighted by atomic mass is 16.6. The van der Waals surface area contributed by atoms with Gasteiger partial charge < -0.3 is 19.9 Å². The molecule has 2 atom stereocenters. The van der Waals surface area contributed by atoms with E-state index in [4.69, 9.17) is 4.74 Å². The van der Waals surface area contributed by atoms with Gasteiger partial charge in [-0.05, 0) is 80.5 Å². The zero-order valence-electron chi connectivity index (χ0n) is 28.2. The van der Waals surface area contributed by atoms with Crippen LogP contribution in [-0.4, -0.2) is 53.6 Å². The minimum Gasteiger partial charge on any atom is -0.480 e. The van der Waals surface area contributed by atoms with E-state index in [9.17, 15) is 29.1 Å². The van der Waals surface area contributed by atoms with Gasteiger partial charge in [0.1, 0.15) is 11.6 Å². The number of allylic oxidation sites excluding steroid dienone is 1. The van der Waals surface area contributed by atoms with Crippen LogP contribution in [0.5, 0.6) is 0 Å². The standard InChI is InChI=1S/C37H43N3O8/c1-24(2)22-31(35(44)45)38-33(42)30(23-32(41)48-37(3,4)5)9-7-8-25-10-12-26(13-11-25)27-18-20-40(21-19-27)39-34(43)28-14-16-29(17-15-28)36(46)47-6/h7-8,10-21,24,30-31H,9,22-23H2,1-6H3,(H2-,38,39,42,43,44,45)/p+1/b8-7+/t30-,31+/m1/s1. The van der Waals surface area contributed by atoms with Gasteiger partial charge in [-0.2, -0.15) is 0 Å². The van der Waals surface area contributed by atoms with Crippen LogP contribution in [0.1, 0.15) is 80.2 Å². The number of nitrogens with zero attached hydrogens (tertiary/aromatic N) is 1. The van der Waals surface area contributed by atoms with Crippen molar-refractivity contribution in [2.45, 2.75) is 65.5 Å². The van der Waals surface area contributed by atoms with Gasteiger partial charge in [0.05, 0.1) is 25.0 Å². The zero-order valence-corrected chi connectivity index (χ0v) is 28.2.